The quantitative estimate of drug-likeness (QED) is 0.616. The molecule has 0 radical (unpaired) electrons. The summed E-state index contributed by atoms with van der Waals surface area (Å²) in [7, 11) is 0. The van der Waals surface area contributed by atoms with Crippen molar-refractivity contribution in [2.45, 2.75) is 58.1 Å². The van der Waals surface area contributed by atoms with E-state index in [-0.39, 0.29) is 23.6 Å². The molecule has 0 bridgehead atoms. The van der Waals surface area contributed by atoms with Crippen molar-refractivity contribution in [1.29, 1.82) is 0 Å². The van der Waals surface area contributed by atoms with E-state index in [9.17, 15) is 14.4 Å². The fraction of sp³-hybridized carbons (Fsp3) is 0.500. The molecule has 0 saturated carbocycles. The van der Waals surface area contributed by atoms with Crippen molar-refractivity contribution in [3.8, 4) is 0 Å². The monoisotopic (exact) mass is 467 g/mol. The lowest BCUT2D eigenvalue weighted by Crippen LogP contribution is -2.41. The summed E-state index contributed by atoms with van der Waals surface area (Å²) >= 11 is 0. The topological polar surface area (TPSA) is 109 Å². The fourth-order valence-electron chi connectivity index (χ4n) is 4.80. The zero-order valence-electron chi connectivity index (χ0n) is 19.8. The third-order valence-corrected chi connectivity index (χ3v) is 6.35. The first-order valence-corrected chi connectivity index (χ1v) is 11.6. The molecule has 1 unspecified atom stereocenters. The van der Waals surface area contributed by atoms with E-state index in [1.807, 2.05) is 45.9 Å². The van der Waals surface area contributed by atoms with Crippen LogP contribution in [-0.4, -0.2) is 63.0 Å². The van der Waals surface area contributed by atoms with Crippen molar-refractivity contribution in [1.82, 2.24) is 19.5 Å². The number of anilines is 1. The lowest BCUT2D eigenvalue weighted by atomic mass is 9.93. The molecule has 0 aliphatic carbocycles. The summed E-state index contributed by atoms with van der Waals surface area (Å²) in [5, 5.41) is 5.49. The molecule has 3 aromatic rings. The van der Waals surface area contributed by atoms with Gasteiger partial charge in [0, 0.05) is 25.1 Å². The normalized spacial score (nSPS) is 19.8. The number of ether oxygens (including phenoxy) is 2. The number of hydrogen-bond acceptors (Lipinski definition) is 6. The molecule has 2 saturated heterocycles. The summed E-state index contributed by atoms with van der Waals surface area (Å²) in [5.41, 5.74) is 1.91. The number of carbonyl (C=O) groups is 2. The minimum absolute atomic E-state index is 0.0527. The SMILES string of the molecule is CC1COC(=O)N1c1cccc2nn3c(C4CCN(C(=O)OC(C)(C)C)CC4)cc(=O)[nH]c3c12. The highest BCUT2D eigenvalue weighted by molar-refractivity contribution is 6.07. The van der Waals surface area contributed by atoms with E-state index in [0.29, 0.717) is 54.8 Å². The second-order valence-corrected chi connectivity index (χ2v) is 10.0. The van der Waals surface area contributed by atoms with Crippen molar-refractivity contribution in [2.75, 3.05) is 24.6 Å². The molecule has 4 heterocycles. The van der Waals surface area contributed by atoms with Gasteiger partial charge in [0.2, 0.25) is 0 Å². The van der Waals surface area contributed by atoms with Crippen molar-refractivity contribution >= 4 is 34.4 Å². The number of carbonyl (C=O) groups excluding carboxylic acids is 2. The van der Waals surface area contributed by atoms with Gasteiger partial charge in [0.15, 0.2) is 0 Å². The Morgan fingerprint density at radius 1 is 1.21 bits per heavy atom. The molecule has 2 aliphatic heterocycles. The molecule has 1 N–H and O–H groups in total. The Hall–Kier alpha value is -3.56. The van der Waals surface area contributed by atoms with E-state index in [2.05, 4.69) is 4.98 Å². The molecular weight excluding hydrogens is 438 g/mol. The smallest absolute Gasteiger partial charge is 0.414 e. The minimum atomic E-state index is -0.543. The minimum Gasteiger partial charge on any atom is -0.447 e. The number of rotatable bonds is 2. The summed E-state index contributed by atoms with van der Waals surface area (Å²) in [6.07, 6.45) is 0.655. The number of nitrogens with one attached hydrogen (secondary N) is 1. The second kappa shape index (κ2) is 8.03. The molecule has 10 nitrogen and oxygen atoms in total. The predicted octanol–water partition coefficient (Wildman–Crippen LogP) is 3.64. The van der Waals surface area contributed by atoms with Crippen molar-refractivity contribution in [3.05, 3.63) is 40.3 Å². The van der Waals surface area contributed by atoms with E-state index in [1.54, 1.807) is 20.4 Å². The van der Waals surface area contributed by atoms with Crippen LogP contribution < -0.4 is 10.5 Å². The van der Waals surface area contributed by atoms with E-state index in [1.165, 1.54) is 0 Å². The summed E-state index contributed by atoms with van der Waals surface area (Å²) in [5.74, 6) is 0.0527. The van der Waals surface area contributed by atoms with Crippen LogP contribution in [0.25, 0.3) is 16.6 Å². The number of aromatic nitrogens is 3. The summed E-state index contributed by atoms with van der Waals surface area (Å²) < 4.78 is 12.5. The molecule has 5 rings (SSSR count). The third kappa shape index (κ3) is 3.86. The van der Waals surface area contributed by atoms with E-state index in [4.69, 9.17) is 14.6 Å². The highest BCUT2D eigenvalue weighted by Gasteiger charge is 2.34. The average molecular weight is 468 g/mol. The van der Waals surface area contributed by atoms with Crippen molar-refractivity contribution in [3.63, 3.8) is 0 Å². The van der Waals surface area contributed by atoms with E-state index in [0.717, 1.165) is 5.69 Å². The van der Waals surface area contributed by atoms with Crippen LogP contribution >= 0.6 is 0 Å². The van der Waals surface area contributed by atoms with Crippen LogP contribution in [0, 0.1) is 0 Å². The molecule has 180 valence electrons. The average Bonchev–Trinajstić information content (AvgIpc) is 3.31. The van der Waals surface area contributed by atoms with E-state index < -0.39 is 11.7 Å². The van der Waals surface area contributed by atoms with Gasteiger partial charge in [-0.15, -0.1) is 0 Å². The molecule has 2 fully saturated rings. The van der Waals surface area contributed by atoms with Gasteiger partial charge in [-0.05, 0) is 52.7 Å². The Balaban J connectivity index is 1.51. The number of piperidine rings is 1. The fourth-order valence-corrected chi connectivity index (χ4v) is 4.80. The first-order chi connectivity index (χ1) is 16.1. The number of cyclic esters (lactones) is 1. The van der Waals surface area contributed by atoms with Gasteiger partial charge in [0.1, 0.15) is 17.9 Å². The summed E-state index contributed by atoms with van der Waals surface area (Å²) in [6.45, 7) is 8.86. The maximum Gasteiger partial charge on any atom is 0.414 e. The first kappa shape index (κ1) is 22.2. The number of benzene rings is 1. The van der Waals surface area contributed by atoms with Crippen molar-refractivity contribution in [2.24, 2.45) is 0 Å². The Kier molecular flexibility index (Phi) is 5.26. The lowest BCUT2D eigenvalue weighted by Gasteiger charge is -2.33. The van der Waals surface area contributed by atoms with Crippen LogP contribution in [0.2, 0.25) is 0 Å². The number of H-pyrrole nitrogens is 1. The lowest BCUT2D eigenvalue weighted by molar-refractivity contribution is 0.0203. The molecule has 2 amide bonds. The van der Waals surface area contributed by atoms with Gasteiger partial charge in [-0.1, -0.05) is 6.07 Å². The Labute approximate surface area is 196 Å². The third-order valence-electron chi connectivity index (χ3n) is 6.35. The summed E-state index contributed by atoms with van der Waals surface area (Å²) in [6, 6.07) is 7.02. The number of likely N-dealkylation sites (tertiary alicyclic amines) is 1. The van der Waals surface area contributed by atoms with Gasteiger partial charge in [0.05, 0.1) is 28.3 Å². The highest BCUT2D eigenvalue weighted by Crippen LogP contribution is 2.35. The zero-order valence-corrected chi connectivity index (χ0v) is 19.8. The van der Waals surface area contributed by atoms with Crippen LogP contribution in [0.15, 0.2) is 29.1 Å². The second-order valence-electron chi connectivity index (χ2n) is 10.0. The van der Waals surface area contributed by atoms with Gasteiger partial charge in [0.25, 0.3) is 5.56 Å². The number of aromatic amines is 1. The van der Waals surface area contributed by atoms with Crippen LogP contribution in [0.3, 0.4) is 0 Å². The maximum absolute atomic E-state index is 12.7. The molecule has 2 aliphatic rings. The van der Waals surface area contributed by atoms with Gasteiger partial charge < -0.3 is 19.4 Å². The van der Waals surface area contributed by atoms with Crippen LogP contribution in [0.5, 0.6) is 0 Å². The largest absolute Gasteiger partial charge is 0.447 e. The zero-order chi connectivity index (χ0) is 24.2. The highest BCUT2D eigenvalue weighted by atomic mass is 16.6. The molecule has 0 spiro atoms. The van der Waals surface area contributed by atoms with Crippen molar-refractivity contribution < 1.29 is 19.1 Å². The van der Waals surface area contributed by atoms with Crippen LogP contribution in [-0.2, 0) is 9.47 Å². The van der Waals surface area contributed by atoms with Gasteiger partial charge in [-0.25, -0.2) is 14.1 Å². The van der Waals surface area contributed by atoms with E-state index >= 15 is 0 Å². The molecule has 34 heavy (non-hydrogen) atoms. The van der Waals surface area contributed by atoms with Crippen LogP contribution in [0.4, 0.5) is 15.3 Å². The number of fused-ring (bicyclic) bond motifs is 3. The van der Waals surface area contributed by atoms with Crippen LogP contribution in [0.1, 0.15) is 52.1 Å². The predicted molar refractivity (Wildman–Crippen MR) is 126 cm³/mol. The first-order valence-electron chi connectivity index (χ1n) is 11.6. The standard InChI is InChI=1S/C24H29N5O5/c1-14-13-33-23(32)28(14)17-7-5-6-16-20(17)21-25-19(30)12-18(29(21)26-16)15-8-10-27(11-9-15)22(31)34-24(2,3)4/h5-7,12,14-15H,8-11,13H2,1-4H3,(H,25,30). The number of nitrogens with zero attached hydrogens (tertiary/aromatic N) is 4. The number of hydrogen-bond donors (Lipinski definition) is 1. The molecule has 10 heteroatoms. The van der Waals surface area contributed by atoms with Gasteiger partial charge >= 0.3 is 12.2 Å². The molecular formula is C24H29N5O5. The Bertz CT molecular complexity index is 1330. The molecule has 1 aromatic carbocycles. The van der Waals surface area contributed by atoms with Gasteiger partial charge in [-0.2, -0.15) is 5.10 Å². The Morgan fingerprint density at radius 2 is 1.94 bits per heavy atom. The maximum atomic E-state index is 12.7. The summed E-state index contributed by atoms with van der Waals surface area (Å²) in [4.78, 5) is 43.8. The Morgan fingerprint density at radius 3 is 2.59 bits per heavy atom. The van der Waals surface area contributed by atoms with Gasteiger partial charge in [-0.3, -0.25) is 9.69 Å². The molecule has 2 aromatic heterocycles. The number of amides is 2. The molecule has 1 atom stereocenters.